The first-order valence-corrected chi connectivity index (χ1v) is 12.2. The van der Waals surface area contributed by atoms with Gasteiger partial charge in [0, 0.05) is 30.1 Å². The summed E-state index contributed by atoms with van der Waals surface area (Å²) in [5, 5.41) is 7.61. The van der Waals surface area contributed by atoms with Crippen LogP contribution in [-0.2, 0) is 6.54 Å². The van der Waals surface area contributed by atoms with Crippen molar-refractivity contribution in [2.45, 2.75) is 45.7 Å². The average molecular weight is 467 g/mol. The molecular formula is C29H30N4O2. The summed E-state index contributed by atoms with van der Waals surface area (Å²) in [6, 6.07) is 20.0. The van der Waals surface area contributed by atoms with E-state index in [-0.39, 0.29) is 11.9 Å². The highest BCUT2D eigenvalue weighted by Crippen LogP contribution is 2.43. The van der Waals surface area contributed by atoms with Gasteiger partial charge in [0.2, 0.25) is 0 Å². The summed E-state index contributed by atoms with van der Waals surface area (Å²) in [7, 11) is 0. The topological polar surface area (TPSA) is 71.1 Å². The molecule has 0 saturated heterocycles. The number of ether oxygens (including phenoxy) is 1. The molecule has 1 unspecified atom stereocenters. The minimum atomic E-state index is -0.262. The molecule has 1 aliphatic heterocycles. The average Bonchev–Trinajstić information content (AvgIpc) is 3.43. The lowest BCUT2D eigenvalue weighted by Crippen LogP contribution is -2.29. The van der Waals surface area contributed by atoms with E-state index in [1.165, 1.54) is 12.0 Å². The fraction of sp³-hybridized carbons (Fsp3) is 0.276. The number of aromatic nitrogens is 3. The van der Waals surface area contributed by atoms with Crippen LogP contribution in [0.3, 0.4) is 0 Å². The number of aromatic amines is 1. The van der Waals surface area contributed by atoms with Crippen LogP contribution in [0.2, 0.25) is 0 Å². The van der Waals surface area contributed by atoms with Crippen LogP contribution >= 0.6 is 0 Å². The SMILES string of the molecule is CCCCCOc1ccc(C2c3c(-c4ccc(C)cc4)n[nH]c3C(=O)N2Cc2cccnc2)cc1. The summed E-state index contributed by atoms with van der Waals surface area (Å²) >= 11 is 0. The standard InChI is InChI=1S/C29H30N4O2/c1-3-4-5-17-35-24-14-12-23(13-15-24)28-25-26(22-10-8-20(2)9-11-22)31-32-27(25)29(34)33(28)19-21-7-6-16-30-18-21/h6-16,18,28H,3-5,17,19H2,1-2H3,(H,31,32). The van der Waals surface area contributed by atoms with Crippen LogP contribution < -0.4 is 4.74 Å². The second kappa shape index (κ2) is 10.1. The number of aryl methyl sites for hydroxylation is 1. The summed E-state index contributed by atoms with van der Waals surface area (Å²) in [5.41, 5.74) is 6.46. The summed E-state index contributed by atoms with van der Waals surface area (Å²) in [4.78, 5) is 19.7. The lowest BCUT2D eigenvalue weighted by atomic mass is 9.95. The maximum Gasteiger partial charge on any atom is 0.273 e. The van der Waals surface area contributed by atoms with E-state index in [2.05, 4.69) is 65.4 Å². The van der Waals surface area contributed by atoms with Gasteiger partial charge in [-0.15, -0.1) is 0 Å². The number of unbranched alkanes of at least 4 members (excludes halogenated alkanes) is 2. The van der Waals surface area contributed by atoms with Crippen molar-refractivity contribution in [3.63, 3.8) is 0 Å². The van der Waals surface area contributed by atoms with Gasteiger partial charge in [0.1, 0.15) is 11.4 Å². The summed E-state index contributed by atoms with van der Waals surface area (Å²) in [5.74, 6) is 0.791. The first-order chi connectivity index (χ1) is 17.2. The Bertz CT molecular complexity index is 1280. The number of amides is 1. The molecule has 0 aliphatic carbocycles. The molecule has 0 spiro atoms. The Labute approximate surface area is 206 Å². The lowest BCUT2D eigenvalue weighted by molar-refractivity contribution is 0.0730. The minimum absolute atomic E-state index is 0.0559. The number of carbonyl (C=O) groups excluding carboxylic acids is 1. The summed E-state index contributed by atoms with van der Waals surface area (Å²) in [6.45, 7) is 5.42. The van der Waals surface area contributed by atoms with E-state index in [1.54, 1.807) is 6.20 Å². The van der Waals surface area contributed by atoms with Crippen LogP contribution in [0.25, 0.3) is 11.3 Å². The van der Waals surface area contributed by atoms with E-state index in [9.17, 15) is 4.79 Å². The summed E-state index contributed by atoms with van der Waals surface area (Å²) in [6.07, 6.45) is 6.93. The largest absolute Gasteiger partial charge is 0.494 e. The van der Waals surface area contributed by atoms with E-state index in [0.717, 1.165) is 46.5 Å². The highest BCUT2D eigenvalue weighted by atomic mass is 16.5. The zero-order chi connectivity index (χ0) is 24.2. The fourth-order valence-corrected chi connectivity index (χ4v) is 4.61. The maximum absolute atomic E-state index is 13.6. The third kappa shape index (κ3) is 4.69. The molecule has 2 aromatic heterocycles. The van der Waals surface area contributed by atoms with Crippen LogP contribution in [0.4, 0.5) is 0 Å². The normalized spacial score (nSPS) is 14.9. The van der Waals surface area contributed by atoms with Crippen LogP contribution in [-0.4, -0.2) is 32.6 Å². The Morgan fingerprint density at radius 3 is 2.54 bits per heavy atom. The first-order valence-electron chi connectivity index (χ1n) is 12.2. The van der Waals surface area contributed by atoms with Gasteiger partial charge in [-0.1, -0.05) is 67.8 Å². The van der Waals surface area contributed by atoms with Crippen molar-refractivity contribution in [3.05, 3.63) is 101 Å². The Kier molecular flexibility index (Phi) is 6.62. The zero-order valence-corrected chi connectivity index (χ0v) is 20.2. The smallest absolute Gasteiger partial charge is 0.273 e. The number of benzene rings is 2. The van der Waals surface area contributed by atoms with E-state index >= 15 is 0 Å². The van der Waals surface area contributed by atoms with Crippen molar-refractivity contribution >= 4 is 5.91 Å². The molecular weight excluding hydrogens is 436 g/mol. The molecule has 5 rings (SSSR count). The molecule has 1 N–H and O–H groups in total. The monoisotopic (exact) mass is 466 g/mol. The molecule has 35 heavy (non-hydrogen) atoms. The second-order valence-corrected chi connectivity index (χ2v) is 9.05. The third-order valence-corrected chi connectivity index (χ3v) is 6.48. The van der Waals surface area contributed by atoms with Crippen molar-refractivity contribution in [3.8, 4) is 17.0 Å². The second-order valence-electron chi connectivity index (χ2n) is 9.05. The van der Waals surface area contributed by atoms with Gasteiger partial charge in [-0.25, -0.2) is 0 Å². The summed E-state index contributed by atoms with van der Waals surface area (Å²) < 4.78 is 5.92. The van der Waals surface area contributed by atoms with Crippen LogP contribution in [0.5, 0.6) is 5.75 Å². The minimum Gasteiger partial charge on any atom is -0.494 e. The van der Waals surface area contributed by atoms with Gasteiger partial charge >= 0.3 is 0 Å². The van der Waals surface area contributed by atoms with Gasteiger partial charge in [-0.2, -0.15) is 5.10 Å². The van der Waals surface area contributed by atoms with Gasteiger partial charge < -0.3 is 9.64 Å². The predicted molar refractivity (Wildman–Crippen MR) is 136 cm³/mol. The van der Waals surface area contributed by atoms with Gasteiger partial charge in [0.15, 0.2) is 0 Å². The van der Waals surface area contributed by atoms with E-state index in [1.807, 2.05) is 35.4 Å². The Hall–Kier alpha value is -3.93. The number of nitrogens with one attached hydrogen (secondary N) is 1. The van der Waals surface area contributed by atoms with Crippen LogP contribution in [0.1, 0.15) is 65.0 Å². The van der Waals surface area contributed by atoms with E-state index in [0.29, 0.717) is 18.8 Å². The van der Waals surface area contributed by atoms with Gasteiger partial charge in [-0.3, -0.25) is 14.9 Å². The molecule has 0 bridgehead atoms. The lowest BCUT2D eigenvalue weighted by Gasteiger charge is -2.26. The molecule has 3 heterocycles. The van der Waals surface area contributed by atoms with Crippen molar-refractivity contribution in [1.29, 1.82) is 0 Å². The molecule has 0 radical (unpaired) electrons. The third-order valence-electron chi connectivity index (χ3n) is 6.48. The first kappa shape index (κ1) is 22.8. The molecule has 1 aliphatic rings. The van der Waals surface area contributed by atoms with Crippen LogP contribution in [0, 0.1) is 6.92 Å². The number of fused-ring (bicyclic) bond motifs is 1. The molecule has 0 fully saturated rings. The number of pyridine rings is 1. The van der Waals surface area contributed by atoms with Gasteiger partial charge in [-0.05, 0) is 42.7 Å². The van der Waals surface area contributed by atoms with E-state index < -0.39 is 0 Å². The van der Waals surface area contributed by atoms with Crippen molar-refractivity contribution < 1.29 is 9.53 Å². The Balaban J connectivity index is 1.51. The van der Waals surface area contributed by atoms with Gasteiger partial charge in [0.25, 0.3) is 5.91 Å². The van der Waals surface area contributed by atoms with Crippen molar-refractivity contribution in [2.24, 2.45) is 0 Å². The Morgan fingerprint density at radius 1 is 1.03 bits per heavy atom. The number of carbonyl (C=O) groups is 1. The van der Waals surface area contributed by atoms with Crippen LogP contribution in [0.15, 0.2) is 73.1 Å². The number of nitrogens with zero attached hydrogens (tertiary/aromatic N) is 3. The molecule has 6 heteroatoms. The molecule has 178 valence electrons. The van der Waals surface area contributed by atoms with Crippen molar-refractivity contribution in [1.82, 2.24) is 20.1 Å². The zero-order valence-electron chi connectivity index (χ0n) is 20.2. The number of rotatable bonds is 9. The molecule has 4 aromatic rings. The van der Waals surface area contributed by atoms with E-state index in [4.69, 9.17) is 4.74 Å². The van der Waals surface area contributed by atoms with Gasteiger partial charge in [0.05, 0.1) is 18.3 Å². The van der Waals surface area contributed by atoms with Crippen molar-refractivity contribution in [2.75, 3.05) is 6.61 Å². The number of hydrogen-bond donors (Lipinski definition) is 1. The highest BCUT2D eigenvalue weighted by Gasteiger charge is 2.42. The number of H-pyrrole nitrogens is 1. The number of hydrogen-bond acceptors (Lipinski definition) is 4. The highest BCUT2D eigenvalue weighted by molar-refractivity contribution is 6.00. The fourth-order valence-electron chi connectivity index (χ4n) is 4.61. The maximum atomic E-state index is 13.6. The molecule has 1 atom stereocenters. The molecule has 6 nitrogen and oxygen atoms in total. The molecule has 1 amide bonds. The molecule has 0 saturated carbocycles. The quantitative estimate of drug-likeness (QED) is 0.303. The Morgan fingerprint density at radius 2 is 1.83 bits per heavy atom. The molecule has 2 aromatic carbocycles. The predicted octanol–water partition coefficient (Wildman–Crippen LogP) is 6.09.